The van der Waals surface area contributed by atoms with Crippen LogP contribution in [-0.2, 0) is 16.0 Å². The van der Waals surface area contributed by atoms with Crippen LogP contribution in [-0.4, -0.2) is 52.7 Å². The molecule has 0 unspecified atom stereocenters. The van der Waals surface area contributed by atoms with E-state index >= 15 is 0 Å². The summed E-state index contributed by atoms with van der Waals surface area (Å²) in [4.78, 5) is 31.7. The summed E-state index contributed by atoms with van der Waals surface area (Å²) in [5.41, 5.74) is 2.44. The summed E-state index contributed by atoms with van der Waals surface area (Å²) in [6.07, 6.45) is 5.94. The third-order valence-electron chi connectivity index (χ3n) is 6.46. The van der Waals surface area contributed by atoms with E-state index in [0.717, 1.165) is 36.1 Å². The van der Waals surface area contributed by atoms with E-state index in [9.17, 15) is 9.59 Å². The fourth-order valence-electron chi connectivity index (χ4n) is 4.45. The predicted octanol–water partition coefficient (Wildman–Crippen LogP) is 4.74. The molecule has 1 aromatic heterocycles. The number of ether oxygens (including phenoxy) is 1. The predicted molar refractivity (Wildman–Crippen MR) is 135 cm³/mol. The maximum Gasteiger partial charge on any atom is 0.410 e. The first-order chi connectivity index (χ1) is 16.1. The number of carbonyl (C=O) groups is 2. The Morgan fingerprint density at radius 2 is 1.85 bits per heavy atom. The number of pyridine rings is 1. The largest absolute Gasteiger partial charge is 0.444 e. The average Bonchev–Trinajstić information content (AvgIpc) is 3.22. The molecule has 1 aliphatic heterocycles. The summed E-state index contributed by atoms with van der Waals surface area (Å²) in [7, 11) is 1.76. The minimum atomic E-state index is -0.559. The van der Waals surface area contributed by atoms with E-state index in [1.807, 2.05) is 69.1 Å². The normalized spacial score (nSPS) is 20.0. The van der Waals surface area contributed by atoms with Crippen molar-refractivity contribution in [3.8, 4) is 0 Å². The quantitative estimate of drug-likeness (QED) is 0.616. The molecule has 0 aliphatic carbocycles. The molecule has 1 aliphatic rings. The fraction of sp³-hybridized carbons (Fsp3) is 0.519. The van der Waals surface area contributed by atoms with Crippen LogP contribution >= 0.6 is 0 Å². The van der Waals surface area contributed by atoms with Gasteiger partial charge in [-0.25, -0.2) is 4.79 Å². The second-order valence-corrected chi connectivity index (χ2v) is 10.2. The Kier molecular flexibility index (Phi) is 8.31. The van der Waals surface area contributed by atoms with Gasteiger partial charge in [-0.05, 0) is 83.3 Å². The van der Waals surface area contributed by atoms with Crippen molar-refractivity contribution in [1.29, 1.82) is 0 Å². The zero-order valence-corrected chi connectivity index (χ0v) is 21.2. The summed E-state index contributed by atoms with van der Waals surface area (Å²) < 4.78 is 5.82. The van der Waals surface area contributed by atoms with Gasteiger partial charge >= 0.3 is 6.09 Å². The van der Waals surface area contributed by atoms with Crippen LogP contribution in [0.2, 0.25) is 0 Å². The molecule has 1 aromatic carbocycles. The van der Waals surface area contributed by atoms with Crippen molar-refractivity contribution in [1.82, 2.24) is 15.2 Å². The Bertz CT molecular complexity index is 956. The third kappa shape index (κ3) is 6.56. The summed E-state index contributed by atoms with van der Waals surface area (Å²) in [6.45, 7) is 9.68. The summed E-state index contributed by atoms with van der Waals surface area (Å²) in [5.74, 6) is 0.0762. The Labute approximate surface area is 203 Å². The lowest BCUT2D eigenvalue weighted by Crippen LogP contribution is -2.46. The van der Waals surface area contributed by atoms with E-state index in [4.69, 9.17) is 4.74 Å². The number of anilines is 1. The highest BCUT2D eigenvalue weighted by molar-refractivity contribution is 5.94. The Hall–Kier alpha value is -2.93. The van der Waals surface area contributed by atoms with Gasteiger partial charge in [-0.3, -0.25) is 9.78 Å². The maximum absolute atomic E-state index is 13.3. The van der Waals surface area contributed by atoms with Crippen LogP contribution in [0.4, 0.5) is 10.5 Å². The van der Waals surface area contributed by atoms with E-state index in [1.165, 1.54) is 0 Å². The first kappa shape index (κ1) is 25.7. The van der Waals surface area contributed by atoms with Gasteiger partial charge in [-0.1, -0.05) is 25.1 Å². The third-order valence-corrected chi connectivity index (χ3v) is 6.46. The minimum Gasteiger partial charge on any atom is -0.444 e. The van der Waals surface area contributed by atoms with Gasteiger partial charge in [0.25, 0.3) is 0 Å². The number of hydrogen-bond donors (Lipinski definition) is 2. The number of nitrogens with zero attached hydrogens (tertiary/aromatic N) is 2. The molecule has 0 spiro atoms. The van der Waals surface area contributed by atoms with Crippen molar-refractivity contribution >= 4 is 17.7 Å². The number of hydrogen-bond acceptors (Lipinski definition) is 5. The van der Waals surface area contributed by atoms with Gasteiger partial charge in [0.05, 0.1) is 6.04 Å². The van der Waals surface area contributed by atoms with Gasteiger partial charge in [-0.2, -0.15) is 0 Å². The van der Waals surface area contributed by atoms with Crippen molar-refractivity contribution in [2.75, 3.05) is 12.4 Å². The number of carbonyl (C=O) groups excluding carboxylic acids is 2. The van der Waals surface area contributed by atoms with Gasteiger partial charge < -0.3 is 20.3 Å². The Morgan fingerprint density at radius 1 is 1.15 bits per heavy atom. The minimum absolute atomic E-state index is 0.0451. The zero-order valence-electron chi connectivity index (χ0n) is 21.2. The Balaban J connectivity index is 1.76. The van der Waals surface area contributed by atoms with Crippen LogP contribution in [0.25, 0.3) is 0 Å². The number of benzene rings is 1. The van der Waals surface area contributed by atoms with Gasteiger partial charge in [-0.15, -0.1) is 0 Å². The fourth-order valence-corrected chi connectivity index (χ4v) is 4.45. The molecule has 1 saturated heterocycles. The summed E-state index contributed by atoms with van der Waals surface area (Å²) in [6, 6.07) is 11.7. The van der Waals surface area contributed by atoms with E-state index in [-0.39, 0.29) is 36.0 Å². The number of amides is 2. The SMILES string of the molecule is CN[C@@H](C)C(=O)Nc1ccc(C[C@@H]2CC[C@H]([C@H](C)c3cccnc3)N2C(=O)OC(C)(C)C)cc1. The maximum atomic E-state index is 13.3. The molecule has 2 aromatic rings. The van der Waals surface area contributed by atoms with Crippen LogP contribution in [0.5, 0.6) is 0 Å². The molecule has 2 amide bonds. The lowest BCUT2D eigenvalue weighted by molar-refractivity contribution is -0.117. The van der Waals surface area contributed by atoms with E-state index in [2.05, 4.69) is 28.6 Å². The number of aromatic nitrogens is 1. The molecule has 0 saturated carbocycles. The number of likely N-dealkylation sites (tertiary alicyclic amines) is 1. The second-order valence-electron chi connectivity index (χ2n) is 10.2. The number of likely N-dealkylation sites (N-methyl/N-ethyl adjacent to an activating group) is 1. The highest BCUT2D eigenvalue weighted by Gasteiger charge is 2.42. The monoisotopic (exact) mass is 466 g/mol. The molecule has 4 atom stereocenters. The second kappa shape index (κ2) is 11.0. The molecule has 2 heterocycles. The van der Waals surface area contributed by atoms with Gasteiger partial charge in [0.1, 0.15) is 5.60 Å². The molecular weight excluding hydrogens is 428 g/mol. The van der Waals surface area contributed by atoms with Crippen LogP contribution in [0, 0.1) is 0 Å². The van der Waals surface area contributed by atoms with Gasteiger partial charge in [0.15, 0.2) is 0 Å². The van der Waals surface area contributed by atoms with E-state index < -0.39 is 5.60 Å². The van der Waals surface area contributed by atoms with E-state index in [0.29, 0.717) is 0 Å². The highest BCUT2D eigenvalue weighted by atomic mass is 16.6. The lowest BCUT2D eigenvalue weighted by atomic mass is 9.93. The van der Waals surface area contributed by atoms with Crippen molar-refractivity contribution in [2.24, 2.45) is 0 Å². The van der Waals surface area contributed by atoms with Crippen LogP contribution in [0.3, 0.4) is 0 Å². The van der Waals surface area contributed by atoms with Crippen molar-refractivity contribution < 1.29 is 14.3 Å². The number of nitrogens with one attached hydrogen (secondary N) is 2. The molecule has 7 heteroatoms. The van der Waals surface area contributed by atoms with Crippen LogP contribution < -0.4 is 10.6 Å². The topological polar surface area (TPSA) is 83.6 Å². The average molecular weight is 467 g/mol. The molecule has 184 valence electrons. The molecule has 0 bridgehead atoms. The number of rotatable bonds is 7. The first-order valence-corrected chi connectivity index (χ1v) is 12.1. The molecule has 7 nitrogen and oxygen atoms in total. The van der Waals surface area contributed by atoms with Crippen LogP contribution in [0.1, 0.15) is 64.5 Å². The molecule has 0 radical (unpaired) electrons. The lowest BCUT2D eigenvalue weighted by Gasteiger charge is -2.35. The van der Waals surface area contributed by atoms with Crippen molar-refractivity contribution in [3.05, 3.63) is 59.9 Å². The van der Waals surface area contributed by atoms with E-state index in [1.54, 1.807) is 13.2 Å². The molecule has 34 heavy (non-hydrogen) atoms. The molecular formula is C27H38N4O3. The molecule has 3 rings (SSSR count). The Morgan fingerprint density at radius 3 is 2.44 bits per heavy atom. The highest BCUT2D eigenvalue weighted by Crippen LogP contribution is 2.36. The van der Waals surface area contributed by atoms with Crippen LogP contribution in [0.15, 0.2) is 48.8 Å². The smallest absolute Gasteiger partial charge is 0.410 e. The molecule has 1 fully saturated rings. The van der Waals surface area contributed by atoms with Crippen molar-refractivity contribution in [3.63, 3.8) is 0 Å². The zero-order chi connectivity index (χ0) is 24.9. The molecule has 2 N–H and O–H groups in total. The first-order valence-electron chi connectivity index (χ1n) is 12.1. The standard InChI is InChI=1S/C27H38N4O3/c1-18(21-8-7-15-29-17-21)24-14-13-23(31(24)26(33)34-27(3,4)5)16-20-9-11-22(12-10-20)30-25(32)19(2)28-6/h7-12,15,17-19,23-24,28H,13-14,16H2,1-6H3,(H,30,32)/t18-,19+,23+,24-/m1/s1. The summed E-state index contributed by atoms with van der Waals surface area (Å²) >= 11 is 0. The summed E-state index contributed by atoms with van der Waals surface area (Å²) in [5, 5.41) is 5.85. The van der Waals surface area contributed by atoms with Gasteiger partial charge in [0, 0.05) is 36.1 Å². The van der Waals surface area contributed by atoms with Crippen molar-refractivity contribution in [2.45, 2.75) is 83.5 Å². The van der Waals surface area contributed by atoms with Gasteiger partial charge in [0.2, 0.25) is 5.91 Å².